The first-order chi connectivity index (χ1) is 9.25. The molecular formula is C15H21ClFNO2. The van der Waals surface area contributed by atoms with Crippen LogP contribution in [0.1, 0.15) is 32.1 Å². The number of hydrogen-bond donors (Lipinski definition) is 1. The summed E-state index contributed by atoms with van der Waals surface area (Å²) in [7, 11) is 0. The van der Waals surface area contributed by atoms with Crippen LogP contribution >= 0.6 is 12.4 Å². The molecule has 1 unspecified atom stereocenters. The number of hydrogen-bond acceptors (Lipinski definition) is 3. The summed E-state index contributed by atoms with van der Waals surface area (Å²) < 4.78 is 19.5. The first-order valence-electron chi connectivity index (χ1n) is 7.18. The van der Waals surface area contributed by atoms with Crippen molar-refractivity contribution < 1.29 is 13.9 Å². The molecule has 5 heteroatoms. The molecular weight excluding hydrogens is 281 g/mol. The van der Waals surface area contributed by atoms with Gasteiger partial charge in [0.05, 0.1) is 12.2 Å². The maximum atomic E-state index is 14.3. The first-order valence-corrected chi connectivity index (χ1v) is 7.18. The van der Waals surface area contributed by atoms with Gasteiger partial charge < -0.3 is 10.1 Å². The molecule has 0 aromatic rings. The second kappa shape index (κ2) is 6.72. The molecule has 1 saturated heterocycles. The summed E-state index contributed by atoms with van der Waals surface area (Å²) in [6.45, 7) is 2.40. The Labute approximate surface area is 125 Å². The number of ether oxygens (including phenoxy) is 1. The Bertz CT molecular complexity index is 441. The minimum Gasteiger partial charge on any atom is -0.496 e. The van der Waals surface area contributed by atoms with Crippen molar-refractivity contribution in [1.29, 1.82) is 0 Å². The van der Waals surface area contributed by atoms with E-state index >= 15 is 0 Å². The lowest BCUT2D eigenvalue weighted by Crippen LogP contribution is -2.29. The van der Waals surface area contributed by atoms with Crippen molar-refractivity contribution in [3.63, 3.8) is 0 Å². The Morgan fingerprint density at radius 1 is 1.30 bits per heavy atom. The molecule has 3 aliphatic rings. The lowest BCUT2D eigenvalue weighted by atomic mass is 9.80. The molecule has 0 bridgehead atoms. The van der Waals surface area contributed by atoms with Gasteiger partial charge in [-0.2, -0.15) is 0 Å². The SMILES string of the molecule is Cl.O=C1CC2=COCC2=C(F)C1CCC1CCNCC1. The Kier molecular flexibility index (Phi) is 5.22. The smallest absolute Gasteiger partial charge is 0.147 e. The summed E-state index contributed by atoms with van der Waals surface area (Å²) in [6.07, 6.45) is 5.79. The van der Waals surface area contributed by atoms with Crippen LogP contribution in [-0.4, -0.2) is 25.5 Å². The normalized spacial score (nSPS) is 26.8. The second-order valence-corrected chi connectivity index (χ2v) is 5.75. The molecule has 0 radical (unpaired) electrons. The molecule has 3 rings (SSSR count). The molecule has 2 heterocycles. The van der Waals surface area contributed by atoms with Gasteiger partial charge in [0.2, 0.25) is 0 Å². The fourth-order valence-electron chi connectivity index (χ4n) is 3.28. The van der Waals surface area contributed by atoms with E-state index in [0.29, 0.717) is 30.9 Å². The molecule has 1 aliphatic carbocycles. The highest BCUT2D eigenvalue weighted by atomic mass is 35.5. The molecule has 0 spiro atoms. The van der Waals surface area contributed by atoms with Crippen molar-refractivity contribution in [3.05, 3.63) is 23.2 Å². The molecule has 3 nitrogen and oxygen atoms in total. The van der Waals surface area contributed by atoms with Gasteiger partial charge >= 0.3 is 0 Å². The molecule has 1 N–H and O–H groups in total. The summed E-state index contributed by atoms with van der Waals surface area (Å²) >= 11 is 0. The molecule has 0 aromatic carbocycles. The number of ketones is 1. The van der Waals surface area contributed by atoms with Crippen LogP contribution in [0.2, 0.25) is 0 Å². The van der Waals surface area contributed by atoms with Crippen LogP contribution in [0.3, 0.4) is 0 Å². The quantitative estimate of drug-likeness (QED) is 0.871. The van der Waals surface area contributed by atoms with Gasteiger partial charge in [-0.3, -0.25) is 4.79 Å². The average Bonchev–Trinajstić information content (AvgIpc) is 2.88. The van der Waals surface area contributed by atoms with Gasteiger partial charge in [0.15, 0.2) is 0 Å². The van der Waals surface area contributed by atoms with Gasteiger partial charge in [0.25, 0.3) is 0 Å². The van der Waals surface area contributed by atoms with Crippen molar-refractivity contribution in [1.82, 2.24) is 5.32 Å². The van der Waals surface area contributed by atoms with Crippen molar-refractivity contribution >= 4 is 18.2 Å². The zero-order valence-corrected chi connectivity index (χ0v) is 12.3. The van der Waals surface area contributed by atoms with Crippen molar-refractivity contribution in [3.8, 4) is 0 Å². The standard InChI is InChI=1S/C15H20FNO2.ClH/c16-15-12(2-1-10-3-5-17-6-4-10)14(18)7-11-8-19-9-13(11)15;/h8,10,12,17H,1-7,9H2;1H. The molecule has 1 fully saturated rings. The van der Waals surface area contributed by atoms with Crippen molar-refractivity contribution in [2.75, 3.05) is 19.7 Å². The molecule has 0 aromatic heterocycles. The minimum absolute atomic E-state index is 0. The van der Waals surface area contributed by atoms with E-state index in [4.69, 9.17) is 4.74 Å². The van der Waals surface area contributed by atoms with Crippen LogP contribution in [0, 0.1) is 11.8 Å². The third-order valence-corrected chi connectivity index (χ3v) is 4.51. The Morgan fingerprint density at radius 3 is 2.80 bits per heavy atom. The summed E-state index contributed by atoms with van der Waals surface area (Å²) in [5.74, 6) is -0.0757. The third-order valence-electron chi connectivity index (χ3n) is 4.51. The maximum Gasteiger partial charge on any atom is 0.147 e. The van der Waals surface area contributed by atoms with E-state index in [1.807, 2.05) is 0 Å². The van der Waals surface area contributed by atoms with Crippen LogP contribution in [-0.2, 0) is 9.53 Å². The predicted molar refractivity (Wildman–Crippen MR) is 77.4 cm³/mol. The summed E-state index contributed by atoms with van der Waals surface area (Å²) in [5.41, 5.74) is 1.38. The number of halogens is 2. The molecule has 2 aliphatic heterocycles. The van der Waals surface area contributed by atoms with Gasteiger partial charge in [-0.15, -0.1) is 12.4 Å². The average molecular weight is 302 g/mol. The number of carbonyl (C=O) groups is 1. The Morgan fingerprint density at radius 2 is 2.05 bits per heavy atom. The van der Waals surface area contributed by atoms with Crippen LogP contribution in [0.4, 0.5) is 4.39 Å². The predicted octanol–water partition coefficient (Wildman–Crippen LogP) is 2.91. The van der Waals surface area contributed by atoms with E-state index in [-0.39, 0.29) is 24.0 Å². The van der Waals surface area contributed by atoms with E-state index in [0.717, 1.165) is 37.9 Å². The summed E-state index contributed by atoms with van der Waals surface area (Å²) in [6, 6.07) is 0. The van der Waals surface area contributed by atoms with Gasteiger partial charge in [0.1, 0.15) is 18.2 Å². The number of nitrogens with one attached hydrogen (secondary N) is 1. The highest BCUT2D eigenvalue weighted by Crippen LogP contribution is 2.38. The number of Topliss-reactive ketones (excluding diaryl/α,β-unsaturated/α-hetero) is 1. The Hall–Kier alpha value is -0.870. The monoisotopic (exact) mass is 301 g/mol. The van der Waals surface area contributed by atoms with Gasteiger partial charge in [0, 0.05) is 17.6 Å². The topological polar surface area (TPSA) is 38.3 Å². The Balaban J connectivity index is 0.00000147. The number of carbonyl (C=O) groups excluding carboxylic acids is 1. The second-order valence-electron chi connectivity index (χ2n) is 5.75. The number of rotatable bonds is 3. The largest absolute Gasteiger partial charge is 0.496 e. The van der Waals surface area contributed by atoms with E-state index in [1.165, 1.54) is 6.26 Å². The van der Waals surface area contributed by atoms with E-state index in [2.05, 4.69) is 5.32 Å². The van der Waals surface area contributed by atoms with Crippen molar-refractivity contribution in [2.45, 2.75) is 32.1 Å². The highest BCUT2D eigenvalue weighted by Gasteiger charge is 2.35. The first kappa shape index (κ1) is 15.5. The van der Waals surface area contributed by atoms with E-state index in [9.17, 15) is 9.18 Å². The fourth-order valence-corrected chi connectivity index (χ4v) is 3.28. The molecule has 1 atom stereocenters. The number of allylic oxidation sites excluding steroid dienone is 1. The number of piperidine rings is 1. The summed E-state index contributed by atoms with van der Waals surface area (Å²) in [4.78, 5) is 12.0. The van der Waals surface area contributed by atoms with Crippen LogP contribution < -0.4 is 5.32 Å². The van der Waals surface area contributed by atoms with Crippen LogP contribution in [0.5, 0.6) is 0 Å². The van der Waals surface area contributed by atoms with Crippen molar-refractivity contribution in [2.24, 2.45) is 11.8 Å². The minimum atomic E-state index is -0.510. The third kappa shape index (κ3) is 3.07. The molecule has 0 amide bonds. The van der Waals surface area contributed by atoms with Crippen LogP contribution in [0.15, 0.2) is 23.2 Å². The zero-order chi connectivity index (χ0) is 13.2. The highest BCUT2D eigenvalue weighted by molar-refractivity contribution is 5.89. The van der Waals surface area contributed by atoms with E-state index in [1.54, 1.807) is 0 Å². The van der Waals surface area contributed by atoms with E-state index < -0.39 is 5.92 Å². The molecule has 0 saturated carbocycles. The summed E-state index contributed by atoms with van der Waals surface area (Å²) in [5, 5.41) is 3.33. The van der Waals surface area contributed by atoms with Gasteiger partial charge in [-0.25, -0.2) is 4.39 Å². The lowest BCUT2D eigenvalue weighted by molar-refractivity contribution is -0.122. The zero-order valence-electron chi connectivity index (χ0n) is 11.5. The molecule has 20 heavy (non-hydrogen) atoms. The van der Waals surface area contributed by atoms with Gasteiger partial charge in [-0.1, -0.05) is 0 Å². The van der Waals surface area contributed by atoms with Gasteiger partial charge in [-0.05, 0) is 44.7 Å². The molecule has 112 valence electrons. The maximum absolute atomic E-state index is 14.3. The lowest BCUT2D eigenvalue weighted by Gasteiger charge is -2.26. The number of fused-ring (bicyclic) bond motifs is 1. The van der Waals surface area contributed by atoms with Crippen LogP contribution in [0.25, 0.3) is 0 Å². The fraction of sp³-hybridized carbons (Fsp3) is 0.667.